The normalized spacial score (nSPS) is 10.6. The minimum atomic E-state index is -0.310. The SMILES string of the molecule is Cc1ccc(Nc2nc(Cl)nc(-n3ccnc3)n2)cc1F. The number of rotatable bonds is 3. The van der Waals surface area contributed by atoms with Crippen LogP contribution in [0.15, 0.2) is 36.9 Å². The summed E-state index contributed by atoms with van der Waals surface area (Å²) in [4.78, 5) is 16.1. The Morgan fingerprint density at radius 2 is 2.10 bits per heavy atom. The molecule has 3 rings (SSSR count). The average molecular weight is 305 g/mol. The number of nitrogens with zero attached hydrogens (tertiary/aromatic N) is 5. The maximum atomic E-state index is 13.5. The van der Waals surface area contributed by atoms with Crippen molar-refractivity contribution in [2.24, 2.45) is 0 Å². The van der Waals surface area contributed by atoms with Crippen molar-refractivity contribution >= 4 is 23.2 Å². The second kappa shape index (κ2) is 5.45. The number of benzene rings is 1. The fourth-order valence-corrected chi connectivity index (χ4v) is 1.84. The summed E-state index contributed by atoms with van der Waals surface area (Å²) in [5.41, 5.74) is 1.09. The molecule has 3 aromatic rings. The molecular weight excluding hydrogens is 295 g/mol. The van der Waals surface area contributed by atoms with E-state index in [1.807, 2.05) is 0 Å². The van der Waals surface area contributed by atoms with E-state index in [2.05, 4.69) is 25.3 Å². The van der Waals surface area contributed by atoms with Crippen LogP contribution in [0.3, 0.4) is 0 Å². The lowest BCUT2D eigenvalue weighted by Gasteiger charge is -2.07. The molecule has 0 amide bonds. The summed E-state index contributed by atoms with van der Waals surface area (Å²) in [5.74, 6) is 0.236. The van der Waals surface area contributed by atoms with Gasteiger partial charge >= 0.3 is 0 Å². The van der Waals surface area contributed by atoms with Crippen LogP contribution in [0.25, 0.3) is 5.95 Å². The molecule has 21 heavy (non-hydrogen) atoms. The Kier molecular flexibility index (Phi) is 3.49. The first-order chi connectivity index (χ1) is 10.1. The standard InChI is InChI=1S/C13H10ClFN6/c1-8-2-3-9(6-10(8)15)17-12-18-11(14)19-13(20-12)21-5-4-16-7-21/h2-7H,1H3,(H,17,18,19,20). The van der Waals surface area contributed by atoms with Gasteiger partial charge in [0.05, 0.1) is 0 Å². The first kappa shape index (κ1) is 13.4. The lowest BCUT2D eigenvalue weighted by molar-refractivity contribution is 0.619. The van der Waals surface area contributed by atoms with Crippen LogP contribution in [-0.2, 0) is 0 Å². The number of halogens is 2. The van der Waals surface area contributed by atoms with E-state index in [0.717, 1.165) is 0 Å². The highest BCUT2D eigenvalue weighted by molar-refractivity contribution is 6.28. The smallest absolute Gasteiger partial charge is 0.241 e. The van der Waals surface area contributed by atoms with Crippen LogP contribution in [0.2, 0.25) is 5.28 Å². The van der Waals surface area contributed by atoms with E-state index in [-0.39, 0.29) is 17.0 Å². The molecule has 0 atom stereocenters. The number of aromatic nitrogens is 5. The maximum Gasteiger partial charge on any atom is 0.241 e. The lowest BCUT2D eigenvalue weighted by Crippen LogP contribution is -2.05. The lowest BCUT2D eigenvalue weighted by atomic mass is 10.2. The molecule has 0 aliphatic rings. The third-order valence-electron chi connectivity index (χ3n) is 2.76. The zero-order valence-corrected chi connectivity index (χ0v) is 11.7. The highest BCUT2D eigenvalue weighted by atomic mass is 35.5. The van der Waals surface area contributed by atoms with Gasteiger partial charge in [-0.2, -0.15) is 15.0 Å². The number of aryl methyl sites for hydroxylation is 1. The van der Waals surface area contributed by atoms with Crippen molar-refractivity contribution in [2.45, 2.75) is 6.92 Å². The van der Waals surface area contributed by atoms with Crippen molar-refractivity contribution in [3.63, 3.8) is 0 Å². The molecule has 8 heteroatoms. The summed E-state index contributed by atoms with van der Waals surface area (Å²) >= 11 is 5.88. The minimum absolute atomic E-state index is 0.0313. The van der Waals surface area contributed by atoms with Gasteiger partial charge in [-0.1, -0.05) is 6.07 Å². The predicted octanol–water partition coefficient (Wildman–Crippen LogP) is 2.90. The van der Waals surface area contributed by atoms with Crippen LogP contribution >= 0.6 is 11.6 Å². The average Bonchev–Trinajstić information content (AvgIpc) is 2.96. The summed E-state index contributed by atoms with van der Waals surface area (Å²) in [5, 5.41) is 2.93. The topological polar surface area (TPSA) is 68.5 Å². The zero-order chi connectivity index (χ0) is 14.8. The molecule has 0 fully saturated rings. The van der Waals surface area contributed by atoms with Crippen LogP contribution in [0.4, 0.5) is 16.0 Å². The summed E-state index contributed by atoms with van der Waals surface area (Å²) in [7, 11) is 0. The van der Waals surface area contributed by atoms with Crippen LogP contribution in [0.1, 0.15) is 5.56 Å². The van der Waals surface area contributed by atoms with E-state index in [1.54, 1.807) is 42.3 Å². The van der Waals surface area contributed by atoms with Gasteiger partial charge in [-0.25, -0.2) is 9.37 Å². The Morgan fingerprint density at radius 3 is 2.81 bits per heavy atom. The third kappa shape index (κ3) is 2.97. The summed E-state index contributed by atoms with van der Waals surface area (Å²) < 4.78 is 15.1. The van der Waals surface area contributed by atoms with Gasteiger partial charge in [-0.05, 0) is 36.2 Å². The van der Waals surface area contributed by atoms with Crippen LogP contribution in [0.5, 0.6) is 0 Å². The summed E-state index contributed by atoms with van der Waals surface area (Å²) in [6.45, 7) is 1.69. The molecule has 0 saturated heterocycles. The minimum Gasteiger partial charge on any atom is -0.324 e. The van der Waals surface area contributed by atoms with E-state index in [4.69, 9.17) is 11.6 Å². The molecule has 2 heterocycles. The monoisotopic (exact) mass is 304 g/mol. The van der Waals surface area contributed by atoms with Crippen molar-refractivity contribution in [3.05, 3.63) is 53.6 Å². The number of hydrogen-bond donors (Lipinski definition) is 1. The predicted molar refractivity (Wildman–Crippen MR) is 76.4 cm³/mol. The largest absolute Gasteiger partial charge is 0.324 e. The molecule has 106 valence electrons. The Hall–Kier alpha value is -2.54. The van der Waals surface area contributed by atoms with Crippen molar-refractivity contribution in [3.8, 4) is 5.95 Å². The van der Waals surface area contributed by atoms with Gasteiger partial charge in [0.2, 0.25) is 17.2 Å². The maximum absolute atomic E-state index is 13.5. The molecule has 0 radical (unpaired) electrons. The Bertz CT molecular complexity index is 774. The second-order valence-electron chi connectivity index (χ2n) is 4.29. The Labute approximate surface area is 124 Å². The number of imidazole rings is 1. The molecule has 6 nitrogen and oxygen atoms in total. The van der Waals surface area contributed by atoms with Crippen molar-refractivity contribution < 1.29 is 4.39 Å². The van der Waals surface area contributed by atoms with Gasteiger partial charge in [0.15, 0.2) is 0 Å². The van der Waals surface area contributed by atoms with Gasteiger partial charge in [0.1, 0.15) is 12.1 Å². The fraction of sp³-hybridized carbons (Fsp3) is 0.0769. The quantitative estimate of drug-likeness (QED) is 0.806. The van der Waals surface area contributed by atoms with Crippen molar-refractivity contribution in [1.82, 2.24) is 24.5 Å². The molecule has 2 aromatic heterocycles. The first-order valence-corrected chi connectivity index (χ1v) is 6.43. The molecule has 0 unspecified atom stereocenters. The van der Waals surface area contributed by atoms with Crippen molar-refractivity contribution in [2.75, 3.05) is 5.32 Å². The number of anilines is 2. The van der Waals surface area contributed by atoms with E-state index >= 15 is 0 Å². The summed E-state index contributed by atoms with van der Waals surface area (Å²) in [6, 6.07) is 4.76. The zero-order valence-electron chi connectivity index (χ0n) is 11.0. The second-order valence-corrected chi connectivity index (χ2v) is 4.63. The molecular formula is C13H10ClFN6. The highest BCUT2D eigenvalue weighted by Gasteiger charge is 2.08. The van der Waals surface area contributed by atoms with E-state index in [1.165, 1.54) is 6.07 Å². The van der Waals surface area contributed by atoms with Gasteiger partial charge in [-0.15, -0.1) is 0 Å². The highest BCUT2D eigenvalue weighted by Crippen LogP contribution is 2.18. The number of nitrogens with one attached hydrogen (secondary N) is 1. The van der Waals surface area contributed by atoms with Gasteiger partial charge in [0, 0.05) is 18.1 Å². The van der Waals surface area contributed by atoms with Crippen LogP contribution < -0.4 is 5.32 Å². The van der Waals surface area contributed by atoms with Crippen LogP contribution in [0, 0.1) is 12.7 Å². The van der Waals surface area contributed by atoms with E-state index in [0.29, 0.717) is 17.2 Å². The molecule has 0 aliphatic carbocycles. The van der Waals surface area contributed by atoms with Gasteiger partial charge < -0.3 is 5.32 Å². The van der Waals surface area contributed by atoms with Gasteiger partial charge in [-0.3, -0.25) is 4.57 Å². The molecule has 1 aromatic carbocycles. The van der Waals surface area contributed by atoms with Crippen LogP contribution in [-0.4, -0.2) is 24.5 Å². The fourth-order valence-electron chi connectivity index (χ4n) is 1.69. The third-order valence-corrected chi connectivity index (χ3v) is 2.93. The van der Waals surface area contributed by atoms with E-state index < -0.39 is 0 Å². The van der Waals surface area contributed by atoms with Gasteiger partial charge in [0.25, 0.3) is 0 Å². The molecule has 0 saturated carbocycles. The Morgan fingerprint density at radius 1 is 1.24 bits per heavy atom. The molecule has 0 bridgehead atoms. The number of hydrogen-bond acceptors (Lipinski definition) is 5. The molecule has 1 N–H and O–H groups in total. The first-order valence-electron chi connectivity index (χ1n) is 6.05. The molecule has 0 aliphatic heterocycles. The summed E-state index contributed by atoms with van der Waals surface area (Å²) in [6.07, 6.45) is 4.82. The van der Waals surface area contributed by atoms with Crippen molar-refractivity contribution in [1.29, 1.82) is 0 Å². The van der Waals surface area contributed by atoms with E-state index in [9.17, 15) is 4.39 Å². The molecule has 0 spiro atoms. The Balaban J connectivity index is 1.93.